The second-order valence-electron chi connectivity index (χ2n) is 6.52. The number of primary amides is 1. The summed E-state index contributed by atoms with van der Waals surface area (Å²) in [6.07, 6.45) is 3.60. The Bertz CT molecular complexity index is 649. The van der Waals surface area contributed by atoms with E-state index in [0.29, 0.717) is 11.3 Å². The van der Waals surface area contributed by atoms with Gasteiger partial charge in [-0.1, -0.05) is 18.9 Å². The van der Waals surface area contributed by atoms with Crippen molar-refractivity contribution in [2.75, 3.05) is 11.9 Å². The van der Waals surface area contributed by atoms with Gasteiger partial charge in [-0.15, -0.1) is 12.4 Å². The molecule has 2 rings (SSSR count). The number of hydrogen-bond acceptors (Lipinski definition) is 4. The first-order valence-electron chi connectivity index (χ1n) is 8.06. The molecule has 0 saturated heterocycles. The molecule has 8 heteroatoms. The number of anilines is 1. The number of amides is 3. The van der Waals surface area contributed by atoms with Gasteiger partial charge in [0.15, 0.2) is 0 Å². The Balaban J connectivity index is 0.00000312. The molecule has 0 bridgehead atoms. The summed E-state index contributed by atoms with van der Waals surface area (Å²) < 4.78 is 0. The van der Waals surface area contributed by atoms with Crippen LogP contribution in [-0.2, 0) is 9.59 Å². The Morgan fingerprint density at radius 3 is 2.64 bits per heavy atom. The first-order chi connectivity index (χ1) is 11.3. The maximum absolute atomic E-state index is 12.5. The lowest BCUT2D eigenvalue weighted by Crippen LogP contribution is -2.51. The van der Waals surface area contributed by atoms with Gasteiger partial charge in [0, 0.05) is 16.8 Å². The molecule has 1 aliphatic carbocycles. The van der Waals surface area contributed by atoms with Gasteiger partial charge in [0.1, 0.15) is 0 Å². The highest BCUT2D eigenvalue weighted by Crippen LogP contribution is 2.32. The fourth-order valence-corrected chi connectivity index (χ4v) is 3.03. The van der Waals surface area contributed by atoms with Crippen LogP contribution in [0.2, 0.25) is 0 Å². The molecule has 7 nitrogen and oxygen atoms in total. The standard InChI is InChI=1S/C17H24N4O3.ClH/c1-17(19)8-3-2-7-13(17)16(24)21-12-6-4-5-11(9-12)15(23)20-10-14(18)22;/h4-6,9,13H,2-3,7-8,10,19H2,1H3,(H2,18,22)(H,20,23)(H,21,24);1H. The van der Waals surface area contributed by atoms with Crippen LogP contribution in [0.4, 0.5) is 5.69 Å². The van der Waals surface area contributed by atoms with Gasteiger partial charge in [0.25, 0.3) is 5.91 Å². The van der Waals surface area contributed by atoms with Crippen molar-refractivity contribution in [3.63, 3.8) is 0 Å². The molecule has 2 atom stereocenters. The largest absolute Gasteiger partial charge is 0.368 e. The SMILES string of the molecule is CC1(N)CCCCC1C(=O)Nc1cccc(C(=O)NCC(N)=O)c1.Cl. The van der Waals surface area contributed by atoms with E-state index in [2.05, 4.69) is 10.6 Å². The zero-order chi connectivity index (χ0) is 17.7. The summed E-state index contributed by atoms with van der Waals surface area (Å²) in [4.78, 5) is 35.2. The Labute approximate surface area is 153 Å². The summed E-state index contributed by atoms with van der Waals surface area (Å²) in [5, 5.41) is 5.25. The van der Waals surface area contributed by atoms with E-state index in [1.54, 1.807) is 24.3 Å². The van der Waals surface area contributed by atoms with Crippen LogP contribution in [0.15, 0.2) is 24.3 Å². The molecule has 0 aromatic heterocycles. The smallest absolute Gasteiger partial charge is 0.251 e. The molecule has 1 aromatic carbocycles. The van der Waals surface area contributed by atoms with Gasteiger partial charge >= 0.3 is 0 Å². The van der Waals surface area contributed by atoms with Gasteiger partial charge < -0.3 is 22.1 Å². The quantitative estimate of drug-likeness (QED) is 0.622. The molecule has 25 heavy (non-hydrogen) atoms. The first kappa shape index (κ1) is 20.9. The molecule has 1 fully saturated rings. The molecule has 1 aromatic rings. The van der Waals surface area contributed by atoms with Gasteiger partial charge in [-0.3, -0.25) is 14.4 Å². The Morgan fingerprint density at radius 2 is 2.00 bits per heavy atom. The lowest BCUT2D eigenvalue weighted by molar-refractivity contribution is -0.122. The summed E-state index contributed by atoms with van der Waals surface area (Å²) in [5.41, 5.74) is 11.6. The summed E-state index contributed by atoms with van der Waals surface area (Å²) in [6, 6.07) is 6.53. The van der Waals surface area contributed by atoms with Crippen molar-refractivity contribution >= 4 is 35.8 Å². The molecule has 1 aliphatic rings. The van der Waals surface area contributed by atoms with Gasteiger partial charge in [-0.25, -0.2) is 0 Å². The number of carbonyl (C=O) groups excluding carboxylic acids is 3. The van der Waals surface area contributed by atoms with E-state index in [1.165, 1.54) is 0 Å². The van der Waals surface area contributed by atoms with E-state index in [0.717, 1.165) is 25.7 Å². The summed E-state index contributed by atoms with van der Waals surface area (Å²) in [6.45, 7) is 1.67. The van der Waals surface area contributed by atoms with E-state index < -0.39 is 17.4 Å². The topological polar surface area (TPSA) is 127 Å². The molecular formula is C17H25ClN4O3. The normalized spacial score (nSPS) is 22.4. The van der Waals surface area contributed by atoms with E-state index in [-0.39, 0.29) is 30.8 Å². The minimum absolute atomic E-state index is 0. The Hall–Kier alpha value is -2.12. The predicted molar refractivity (Wildman–Crippen MR) is 98.4 cm³/mol. The fourth-order valence-electron chi connectivity index (χ4n) is 3.03. The highest BCUT2D eigenvalue weighted by atomic mass is 35.5. The third-order valence-electron chi connectivity index (χ3n) is 4.39. The molecule has 0 heterocycles. The Kier molecular flexibility index (Phi) is 7.38. The maximum Gasteiger partial charge on any atom is 0.251 e. The molecule has 138 valence electrons. The lowest BCUT2D eigenvalue weighted by atomic mass is 9.74. The molecular weight excluding hydrogens is 344 g/mol. The van der Waals surface area contributed by atoms with Crippen molar-refractivity contribution < 1.29 is 14.4 Å². The van der Waals surface area contributed by atoms with Crippen LogP contribution in [0.1, 0.15) is 43.0 Å². The van der Waals surface area contributed by atoms with Crippen molar-refractivity contribution in [2.24, 2.45) is 17.4 Å². The van der Waals surface area contributed by atoms with E-state index in [4.69, 9.17) is 11.5 Å². The highest BCUT2D eigenvalue weighted by molar-refractivity contribution is 5.99. The zero-order valence-corrected chi connectivity index (χ0v) is 15.0. The molecule has 0 radical (unpaired) electrons. The second-order valence-corrected chi connectivity index (χ2v) is 6.52. The molecule has 2 unspecified atom stereocenters. The Morgan fingerprint density at radius 1 is 1.28 bits per heavy atom. The van der Waals surface area contributed by atoms with E-state index in [1.807, 2.05) is 6.92 Å². The van der Waals surface area contributed by atoms with Gasteiger partial charge in [0.2, 0.25) is 11.8 Å². The van der Waals surface area contributed by atoms with Gasteiger partial charge in [0.05, 0.1) is 12.5 Å². The van der Waals surface area contributed by atoms with Crippen LogP contribution < -0.4 is 22.1 Å². The highest BCUT2D eigenvalue weighted by Gasteiger charge is 2.37. The van der Waals surface area contributed by atoms with E-state index in [9.17, 15) is 14.4 Å². The van der Waals surface area contributed by atoms with Crippen molar-refractivity contribution in [3.05, 3.63) is 29.8 Å². The number of nitrogens with one attached hydrogen (secondary N) is 2. The number of benzene rings is 1. The number of halogens is 1. The third-order valence-corrected chi connectivity index (χ3v) is 4.39. The molecule has 1 saturated carbocycles. The van der Waals surface area contributed by atoms with Crippen LogP contribution in [0.25, 0.3) is 0 Å². The molecule has 0 spiro atoms. The minimum Gasteiger partial charge on any atom is -0.368 e. The van der Waals surface area contributed by atoms with Crippen molar-refractivity contribution in [2.45, 2.75) is 38.1 Å². The average molecular weight is 369 g/mol. The lowest BCUT2D eigenvalue weighted by Gasteiger charge is -2.37. The van der Waals surface area contributed by atoms with Crippen LogP contribution in [0, 0.1) is 5.92 Å². The number of rotatable bonds is 5. The van der Waals surface area contributed by atoms with Crippen LogP contribution in [0.5, 0.6) is 0 Å². The number of hydrogen-bond donors (Lipinski definition) is 4. The second kappa shape index (κ2) is 8.82. The van der Waals surface area contributed by atoms with Gasteiger partial charge in [-0.05, 0) is 38.0 Å². The fraction of sp³-hybridized carbons (Fsp3) is 0.471. The van der Waals surface area contributed by atoms with E-state index >= 15 is 0 Å². The van der Waals surface area contributed by atoms with Crippen molar-refractivity contribution in [1.82, 2.24) is 5.32 Å². The third kappa shape index (κ3) is 5.72. The van der Waals surface area contributed by atoms with Crippen LogP contribution in [0.3, 0.4) is 0 Å². The minimum atomic E-state index is -0.618. The molecule has 3 amide bonds. The molecule has 0 aliphatic heterocycles. The maximum atomic E-state index is 12.5. The van der Waals surface area contributed by atoms with Crippen LogP contribution >= 0.6 is 12.4 Å². The predicted octanol–water partition coefficient (Wildman–Crippen LogP) is 1.17. The van der Waals surface area contributed by atoms with Gasteiger partial charge in [-0.2, -0.15) is 0 Å². The summed E-state index contributed by atoms with van der Waals surface area (Å²) in [5.74, 6) is -1.42. The van der Waals surface area contributed by atoms with Crippen LogP contribution in [-0.4, -0.2) is 29.8 Å². The van der Waals surface area contributed by atoms with Crippen molar-refractivity contribution in [3.8, 4) is 0 Å². The monoisotopic (exact) mass is 368 g/mol. The average Bonchev–Trinajstić information content (AvgIpc) is 2.52. The zero-order valence-electron chi connectivity index (χ0n) is 14.2. The summed E-state index contributed by atoms with van der Waals surface area (Å²) >= 11 is 0. The van der Waals surface area contributed by atoms with Crippen molar-refractivity contribution in [1.29, 1.82) is 0 Å². The number of nitrogens with two attached hydrogens (primary N) is 2. The molecule has 6 N–H and O–H groups in total. The summed E-state index contributed by atoms with van der Waals surface area (Å²) in [7, 11) is 0. The number of carbonyl (C=O) groups is 3. The first-order valence-corrected chi connectivity index (χ1v) is 8.06.